The smallest absolute Gasteiger partial charge is 0.338 e. The van der Waals surface area contributed by atoms with E-state index in [0.29, 0.717) is 5.56 Å². The minimum absolute atomic E-state index is 0.354. The number of aromatic nitrogens is 1. The van der Waals surface area contributed by atoms with Gasteiger partial charge in [0, 0.05) is 15.4 Å². The Balaban J connectivity index is 1.83. The molecule has 0 amide bonds. The van der Waals surface area contributed by atoms with Gasteiger partial charge in [-0.25, -0.2) is 9.78 Å². The summed E-state index contributed by atoms with van der Waals surface area (Å²) in [6.45, 7) is 0. The molecule has 27 heavy (non-hydrogen) atoms. The number of esters is 1. The topological polar surface area (TPSA) is 39.2 Å². The average molecular weight is 418 g/mol. The van der Waals surface area contributed by atoms with Crippen LogP contribution in [0.2, 0.25) is 0 Å². The molecule has 132 valence electrons. The molecule has 0 unspecified atom stereocenters. The van der Waals surface area contributed by atoms with Gasteiger partial charge in [-0.15, -0.1) is 0 Å². The number of benzene rings is 3. The van der Waals surface area contributed by atoms with Crippen molar-refractivity contribution >= 4 is 43.6 Å². The maximum Gasteiger partial charge on any atom is 0.338 e. The summed E-state index contributed by atoms with van der Waals surface area (Å²) in [5.41, 5.74) is 5.93. The van der Waals surface area contributed by atoms with E-state index >= 15 is 0 Å². The van der Waals surface area contributed by atoms with E-state index in [1.807, 2.05) is 24.3 Å². The van der Waals surface area contributed by atoms with Crippen molar-refractivity contribution in [3.05, 3.63) is 75.8 Å². The number of ether oxygens (including phenoxy) is 1. The lowest BCUT2D eigenvalue weighted by Crippen LogP contribution is -2.04. The Bertz CT molecular complexity index is 1240. The first-order valence-corrected chi connectivity index (χ1v) is 9.67. The van der Waals surface area contributed by atoms with Crippen LogP contribution < -0.4 is 0 Å². The molecule has 0 fully saturated rings. The Morgan fingerprint density at radius 1 is 1.00 bits per heavy atom. The minimum atomic E-state index is -0.354. The summed E-state index contributed by atoms with van der Waals surface area (Å²) < 4.78 is 5.93. The van der Waals surface area contributed by atoms with E-state index in [1.165, 1.54) is 29.0 Å². The Hall–Kier alpha value is -2.72. The number of methoxy groups -OCH3 is 1. The van der Waals surface area contributed by atoms with Gasteiger partial charge in [0.25, 0.3) is 0 Å². The third-order valence-corrected chi connectivity index (χ3v) is 5.82. The molecule has 0 atom stereocenters. The van der Waals surface area contributed by atoms with E-state index in [4.69, 9.17) is 9.72 Å². The normalized spacial score (nSPS) is 12.7. The molecule has 1 aliphatic carbocycles. The van der Waals surface area contributed by atoms with Crippen LogP contribution in [0.25, 0.3) is 32.9 Å². The van der Waals surface area contributed by atoms with Crippen molar-refractivity contribution in [1.82, 2.24) is 4.98 Å². The van der Waals surface area contributed by atoms with Crippen LogP contribution in [0.1, 0.15) is 21.5 Å². The molecule has 1 heterocycles. The van der Waals surface area contributed by atoms with E-state index in [2.05, 4.69) is 46.3 Å². The van der Waals surface area contributed by atoms with Crippen molar-refractivity contribution in [2.24, 2.45) is 0 Å². The number of halogens is 1. The zero-order valence-corrected chi connectivity index (χ0v) is 16.3. The molecule has 3 nitrogen and oxygen atoms in total. The Labute approximate surface area is 165 Å². The Kier molecular flexibility index (Phi) is 3.76. The van der Waals surface area contributed by atoms with Gasteiger partial charge in [-0.1, -0.05) is 46.3 Å². The van der Waals surface area contributed by atoms with Gasteiger partial charge in [0.05, 0.1) is 23.9 Å². The zero-order chi connectivity index (χ0) is 18.5. The van der Waals surface area contributed by atoms with E-state index in [1.54, 1.807) is 0 Å². The van der Waals surface area contributed by atoms with Crippen LogP contribution in [-0.4, -0.2) is 18.1 Å². The molecule has 0 N–H and O–H groups in total. The molecule has 0 spiro atoms. The van der Waals surface area contributed by atoms with Crippen LogP contribution in [0.5, 0.6) is 0 Å². The van der Waals surface area contributed by atoms with Crippen molar-refractivity contribution in [2.45, 2.75) is 12.8 Å². The number of rotatable bonds is 2. The standard InChI is InChI=1S/C23H16BrNO2/c1-27-23(26)19-12-21(25-20-10-8-15(24)11-18(19)20)16-9-7-14-6-5-13-3-2-4-17(16)22(13)14/h2-4,7-12H,5-6H2,1H3. The highest BCUT2D eigenvalue weighted by Gasteiger charge is 2.19. The monoisotopic (exact) mass is 417 g/mol. The number of hydrogen-bond donors (Lipinski definition) is 0. The molecule has 1 aromatic heterocycles. The fourth-order valence-electron chi connectivity index (χ4n) is 4.09. The first kappa shape index (κ1) is 16.5. The lowest BCUT2D eigenvalue weighted by Gasteiger charge is -2.12. The molecule has 0 bridgehead atoms. The largest absolute Gasteiger partial charge is 0.465 e. The first-order chi connectivity index (χ1) is 13.2. The second kappa shape index (κ2) is 6.17. The lowest BCUT2D eigenvalue weighted by atomic mass is 9.96. The predicted octanol–water partition coefficient (Wildman–Crippen LogP) is 5.70. The predicted molar refractivity (Wildman–Crippen MR) is 111 cm³/mol. The maximum atomic E-state index is 12.4. The molecular formula is C23H16BrNO2. The highest BCUT2D eigenvalue weighted by Crippen LogP contribution is 2.37. The second-order valence-electron chi connectivity index (χ2n) is 6.82. The number of carbonyl (C=O) groups is 1. The molecule has 0 radical (unpaired) electrons. The molecule has 0 aliphatic heterocycles. The van der Waals surface area contributed by atoms with Gasteiger partial charge in [-0.2, -0.15) is 0 Å². The highest BCUT2D eigenvalue weighted by molar-refractivity contribution is 9.10. The zero-order valence-electron chi connectivity index (χ0n) is 14.8. The van der Waals surface area contributed by atoms with Crippen molar-refractivity contribution in [3.8, 4) is 11.3 Å². The molecule has 0 saturated carbocycles. The summed E-state index contributed by atoms with van der Waals surface area (Å²) in [6, 6.07) is 18.4. The van der Waals surface area contributed by atoms with Gasteiger partial charge < -0.3 is 4.74 Å². The molecule has 4 heteroatoms. The third kappa shape index (κ3) is 2.55. The van der Waals surface area contributed by atoms with Crippen LogP contribution >= 0.6 is 15.9 Å². The van der Waals surface area contributed by atoms with E-state index < -0.39 is 0 Å². The fourth-order valence-corrected chi connectivity index (χ4v) is 4.45. The molecular weight excluding hydrogens is 402 g/mol. The number of carbonyl (C=O) groups excluding carboxylic acids is 1. The van der Waals surface area contributed by atoms with E-state index in [-0.39, 0.29) is 5.97 Å². The fraction of sp³-hybridized carbons (Fsp3) is 0.130. The number of pyridine rings is 1. The molecule has 5 rings (SSSR count). The maximum absolute atomic E-state index is 12.4. The number of aryl methyl sites for hydroxylation is 2. The van der Waals surface area contributed by atoms with Crippen LogP contribution in [0.15, 0.2) is 59.1 Å². The van der Waals surface area contributed by atoms with Crippen LogP contribution in [0, 0.1) is 0 Å². The van der Waals surface area contributed by atoms with Gasteiger partial charge in [-0.05, 0) is 59.0 Å². The minimum Gasteiger partial charge on any atom is -0.465 e. The summed E-state index contributed by atoms with van der Waals surface area (Å²) in [5, 5.41) is 3.32. The SMILES string of the molecule is COC(=O)c1cc(-c2ccc3c4c(cccc24)CC3)nc2ccc(Br)cc12. The quantitative estimate of drug-likeness (QED) is 0.392. The highest BCUT2D eigenvalue weighted by atomic mass is 79.9. The Morgan fingerprint density at radius 2 is 1.81 bits per heavy atom. The van der Waals surface area contributed by atoms with Gasteiger partial charge in [-0.3, -0.25) is 0 Å². The van der Waals surface area contributed by atoms with E-state index in [9.17, 15) is 4.79 Å². The number of fused-ring (bicyclic) bond motifs is 1. The van der Waals surface area contributed by atoms with Crippen molar-refractivity contribution in [1.29, 1.82) is 0 Å². The van der Waals surface area contributed by atoms with Gasteiger partial charge in [0.2, 0.25) is 0 Å². The van der Waals surface area contributed by atoms with Crippen LogP contribution in [0.3, 0.4) is 0 Å². The summed E-state index contributed by atoms with van der Waals surface area (Å²) in [5.74, 6) is -0.354. The number of hydrogen-bond acceptors (Lipinski definition) is 3. The van der Waals surface area contributed by atoms with Crippen LogP contribution in [0.4, 0.5) is 0 Å². The van der Waals surface area contributed by atoms with Crippen LogP contribution in [-0.2, 0) is 17.6 Å². The first-order valence-electron chi connectivity index (χ1n) is 8.88. The van der Waals surface area contributed by atoms with Gasteiger partial charge in [0.15, 0.2) is 0 Å². The summed E-state index contributed by atoms with van der Waals surface area (Å²) in [6.07, 6.45) is 2.17. The van der Waals surface area contributed by atoms with Crippen molar-refractivity contribution < 1.29 is 9.53 Å². The number of nitrogens with zero attached hydrogens (tertiary/aromatic N) is 1. The molecule has 1 aliphatic rings. The third-order valence-electron chi connectivity index (χ3n) is 5.33. The van der Waals surface area contributed by atoms with Gasteiger partial charge >= 0.3 is 5.97 Å². The molecule has 4 aromatic rings. The second-order valence-corrected chi connectivity index (χ2v) is 7.74. The van der Waals surface area contributed by atoms with Crippen molar-refractivity contribution in [3.63, 3.8) is 0 Å². The van der Waals surface area contributed by atoms with E-state index in [0.717, 1.165) is 39.5 Å². The van der Waals surface area contributed by atoms with Gasteiger partial charge in [0.1, 0.15) is 0 Å². The summed E-state index contributed by atoms with van der Waals surface area (Å²) in [7, 11) is 1.41. The average Bonchev–Trinajstić information content (AvgIpc) is 3.12. The Morgan fingerprint density at radius 3 is 2.63 bits per heavy atom. The molecule has 3 aromatic carbocycles. The summed E-state index contributed by atoms with van der Waals surface area (Å²) in [4.78, 5) is 17.3. The summed E-state index contributed by atoms with van der Waals surface area (Å²) >= 11 is 3.48. The molecule has 0 saturated heterocycles. The van der Waals surface area contributed by atoms with Crippen molar-refractivity contribution in [2.75, 3.05) is 7.11 Å². The lowest BCUT2D eigenvalue weighted by molar-refractivity contribution is 0.0603.